The molecule has 6 heteroatoms. The van der Waals surface area contributed by atoms with Gasteiger partial charge in [-0.05, 0) is 37.1 Å². The minimum atomic E-state index is -0.348. The summed E-state index contributed by atoms with van der Waals surface area (Å²) in [6.45, 7) is 0.978. The van der Waals surface area contributed by atoms with Crippen molar-refractivity contribution in [3.8, 4) is 0 Å². The average Bonchev–Trinajstić information content (AvgIpc) is 2.92. The van der Waals surface area contributed by atoms with Crippen molar-refractivity contribution in [1.82, 2.24) is 15.5 Å². The Morgan fingerprint density at radius 3 is 3.05 bits per heavy atom. The summed E-state index contributed by atoms with van der Waals surface area (Å²) in [6.07, 6.45) is 3.80. The fourth-order valence-corrected chi connectivity index (χ4v) is 2.61. The molecule has 1 fully saturated rings. The first-order chi connectivity index (χ1) is 9.72. The normalized spacial score (nSPS) is 19.2. The van der Waals surface area contributed by atoms with Crippen molar-refractivity contribution < 1.29 is 8.91 Å². The quantitative estimate of drug-likeness (QED) is 0.944. The van der Waals surface area contributed by atoms with E-state index in [1.807, 2.05) is 0 Å². The molecule has 0 radical (unpaired) electrons. The molecule has 1 saturated heterocycles. The highest BCUT2D eigenvalue weighted by molar-refractivity contribution is 6.31. The molecule has 2 aromatic rings. The number of aromatic nitrogens is 2. The Morgan fingerprint density at radius 2 is 2.30 bits per heavy atom. The summed E-state index contributed by atoms with van der Waals surface area (Å²) < 4.78 is 18.3. The third-order valence-electron chi connectivity index (χ3n) is 3.46. The largest absolute Gasteiger partial charge is 0.338 e. The summed E-state index contributed by atoms with van der Waals surface area (Å²) in [5.74, 6) is 0.845. The summed E-state index contributed by atoms with van der Waals surface area (Å²) >= 11 is 6.00. The molecule has 1 aliphatic heterocycles. The molecule has 0 saturated carbocycles. The summed E-state index contributed by atoms with van der Waals surface area (Å²) in [7, 11) is 0. The van der Waals surface area contributed by atoms with Gasteiger partial charge >= 0.3 is 0 Å². The summed E-state index contributed by atoms with van der Waals surface area (Å²) in [5.41, 5.74) is 0.789. The molecule has 20 heavy (non-hydrogen) atoms. The highest BCUT2D eigenvalue weighted by Crippen LogP contribution is 2.23. The first-order valence-electron chi connectivity index (χ1n) is 6.72. The molecule has 106 valence electrons. The van der Waals surface area contributed by atoms with Gasteiger partial charge in [-0.25, -0.2) is 4.39 Å². The Labute approximate surface area is 121 Å². The first-order valence-corrected chi connectivity index (χ1v) is 7.10. The van der Waals surface area contributed by atoms with Crippen molar-refractivity contribution in [2.24, 2.45) is 0 Å². The van der Waals surface area contributed by atoms with E-state index in [-0.39, 0.29) is 11.9 Å². The summed E-state index contributed by atoms with van der Waals surface area (Å²) in [6, 6.07) is 4.46. The van der Waals surface area contributed by atoms with E-state index in [0.717, 1.165) is 18.5 Å². The van der Waals surface area contributed by atoms with Crippen LogP contribution in [0.5, 0.6) is 0 Å². The second-order valence-corrected chi connectivity index (χ2v) is 5.37. The lowest BCUT2D eigenvalue weighted by Crippen LogP contribution is -2.27. The molecule has 1 atom stereocenters. The van der Waals surface area contributed by atoms with Crippen LogP contribution in [0.2, 0.25) is 5.02 Å². The molecule has 0 bridgehead atoms. The maximum absolute atomic E-state index is 13.0. The maximum atomic E-state index is 13.0. The number of benzene rings is 1. The lowest BCUT2D eigenvalue weighted by Gasteiger charge is -2.19. The van der Waals surface area contributed by atoms with Crippen LogP contribution in [0.1, 0.15) is 42.6 Å². The van der Waals surface area contributed by atoms with Crippen molar-refractivity contribution >= 4 is 11.6 Å². The number of nitrogens with zero attached hydrogens (tertiary/aromatic N) is 2. The second-order valence-electron chi connectivity index (χ2n) is 4.96. The molecule has 3 rings (SSSR count). The van der Waals surface area contributed by atoms with Gasteiger partial charge in [-0.2, -0.15) is 4.98 Å². The molecule has 4 nitrogen and oxygen atoms in total. The monoisotopic (exact) mass is 295 g/mol. The van der Waals surface area contributed by atoms with Gasteiger partial charge in [0.05, 0.1) is 6.04 Å². The minimum absolute atomic E-state index is 0.147. The number of nitrogens with one attached hydrogen (secondary N) is 1. The van der Waals surface area contributed by atoms with E-state index in [2.05, 4.69) is 15.5 Å². The van der Waals surface area contributed by atoms with E-state index in [1.165, 1.54) is 25.0 Å². The zero-order chi connectivity index (χ0) is 13.9. The van der Waals surface area contributed by atoms with Gasteiger partial charge in [0.2, 0.25) is 5.89 Å². The van der Waals surface area contributed by atoms with Crippen LogP contribution in [-0.4, -0.2) is 16.7 Å². The molecule has 0 aliphatic carbocycles. The van der Waals surface area contributed by atoms with E-state index in [1.54, 1.807) is 6.07 Å². The average molecular weight is 296 g/mol. The van der Waals surface area contributed by atoms with E-state index in [9.17, 15) is 4.39 Å². The molecule has 0 unspecified atom stereocenters. The molecular formula is C14H15ClFN3O. The van der Waals surface area contributed by atoms with Crippen LogP contribution in [0.4, 0.5) is 4.39 Å². The smallest absolute Gasteiger partial charge is 0.243 e. The predicted molar refractivity (Wildman–Crippen MR) is 73.1 cm³/mol. The van der Waals surface area contributed by atoms with E-state index in [4.69, 9.17) is 16.1 Å². The van der Waals surface area contributed by atoms with Gasteiger partial charge in [0.25, 0.3) is 0 Å². The van der Waals surface area contributed by atoms with Gasteiger partial charge in [0.1, 0.15) is 5.82 Å². The first kappa shape index (κ1) is 13.5. The molecule has 1 N–H and O–H groups in total. The Bertz CT molecular complexity index is 596. The SMILES string of the molecule is Fc1ccc(Cc2noc([C@H]3CCCCN3)n2)c(Cl)c1. The highest BCUT2D eigenvalue weighted by atomic mass is 35.5. The minimum Gasteiger partial charge on any atom is -0.338 e. The Balaban J connectivity index is 1.73. The molecular weight excluding hydrogens is 281 g/mol. The Morgan fingerprint density at radius 1 is 1.40 bits per heavy atom. The van der Waals surface area contributed by atoms with Gasteiger partial charge in [-0.1, -0.05) is 29.2 Å². The fraction of sp³-hybridized carbons (Fsp3) is 0.429. The van der Waals surface area contributed by atoms with Crippen LogP contribution in [0, 0.1) is 5.82 Å². The van der Waals surface area contributed by atoms with Crippen molar-refractivity contribution in [3.63, 3.8) is 0 Å². The topological polar surface area (TPSA) is 51.0 Å². The third-order valence-corrected chi connectivity index (χ3v) is 3.81. The van der Waals surface area contributed by atoms with Crippen molar-refractivity contribution in [2.45, 2.75) is 31.7 Å². The number of halogens is 2. The molecule has 1 aliphatic rings. The van der Waals surface area contributed by atoms with Crippen molar-refractivity contribution in [1.29, 1.82) is 0 Å². The van der Waals surface area contributed by atoms with Crippen molar-refractivity contribution in [3.05, 3.63) is 46.3 Å². The van der Waals surface area contributed by atoms with Gasteiger partial charge in [0, 0.05) is 11.4 Å². The molecule has 0 amide bonds. The highest BCUT2D eigenvalue weighted by Gasteiger charge is 2.21. The molecule has 2 heterocycles. The lowest BCUT2D eigenvalue weighted by molar-refractivity contribution is 0.296. The molecule has 0 spiro atoms. The number of piperidine rings is 1. The maximum Gasteiger partial charge on any atom is 0.243 e. The van der Waals surface area contributed by atoms with Gasteiger partial charge in [0.15, 0.2) is 5.82 Å². The van der Waals surface area contributed by atoms with Gasteiger partial charge in [-0.15, -0.1) is 0 Å². The fourth-order valence-electron chi connectivity index (χ4n) is 2.38. The van der Waals surface area contributed by atoms with Gasteiger partial charge in [-0.3, -0.25) is 0 Å². The van der Waals surface area contributed by atoms with E-state index < -0.39 is 0 Å². The zero-order valence-electron chi connectivity index (χ0n) is 10.9. The number of hydrogen-bond donors (Lipinski definition) is 1. The summed E-state index contributed by atoms with van der Waals surface area (Å²) in [4.78, 5) is 4.40. The van der Waals surface area contributed by atoms with Crippen molar-refractivity contribution in [2.75, 3.05) is 6.54 Å². The molecule has 1 aromatic heterocycles. The standard InChI is InChI=1S/C14H15ClFN3O/c15-11-8-10(16)5-4-9(11)7-13-18-14(20-19-13)12-3-1-2-6-17-12/h4-5,8,12,17H,1-3,6-7H2/t12-/m1/s1. The van der Waals surface area contributed by atoms with Crippen LogP contribution in [-0.2, 0) is 6.42 Å². The number of rotatable bonds is 3. The van der Waals surface area contributed by atoms with Crippen LogP contribution < -0.4 is 5.32 Å². The Hall–Kier alpha value is -1.46. The van der Waals surface area contributed by atoms with E-state index in [0.29, 0.717) is 23.2 Å². The second kappa shape index (κ2) is 5.89. The van der Waals surface area contributed by atoms with Crippen LogP contribution in [0.15, 0.2) is 22.7 Å². The van der Waals surface area contributed by atoms with Crippen LogP contribution in [0.3, 0.4) is 0 Å². The predicted octanol–water partition coefficient (Wildman–Crippen LogP) is 3.27. The third kappa shape index (κ3) is 2.99. The zero-order valence-corrected chi connectivity index (χ0v) is 11.7. The van der Waals surface area contributed by atoms with E-state index >= 15 is 0 Å². The van der Waals surface area contributed by atoms with Crippen LogP contribution in [0.25, 0.3) is 0 Å². The number of hydrogen-bond acceptors (Lipinski definition) is 4. The summed E-state index contributed by atoms with van der Waals surface area (Å²) in [5, 5.41) is 7.71. The Kier molecular flexibility index (Phi) is 3.98. The van der Waals surface area contributed by atoms with Crippen LogP contribution >= 0.6 is 11.6 Å². The molecule has 1 aromatic carbocycles. The van der Waals surface area contributed by atoms with Gasteiger partial charge < -0.3 is 9.84 Å². The lowest BCUT2D eigenvalue weighted by atomic mass is 10.1.